The first-order valence-electron chi connectivity index (χ1n) is 5.89. The van der Waals surface area contributed by atoms with Crippen LogP contribution in [0.4, 0.5) is 0 Å². The van der Waals surface area contributed by atoms with Gasteiger partial charge in [-0.2, -0.15) is 5.10 Å². The highest BCUT2D eigenvalue weighted by Crippen LogP contribution is 2.30. The molecule has 0 aliphatic rings. The second-order valence-electron chi connectivity index (χ2n) is 5.44. The number of aryl methyl sites for hydroxylation is 1. The number of aromatic nitrogens is 3. The van der Waals surface area contributed by atoms with Gasteiger partial charge in [-0.25, -0.2) is 9.67 Å². The van der Waals surface area contributed by atoms with Crippen LogP contribution in [-0.2, 0) is 17.8 Å². The molecular weight excluding hydrogens is 216 g/mol. The number of carbonyl (C=O) groups excluding carboxylic acids is 1. The van der Waals surface area contributed by atoms with Gasteiger partial charge in [0.15, 0.2) is 0 Å². The average Bonchev–Trinajstić information content (AvgIpc) is 2.63. The minimum Gasteiger partial charge on any atom is -0.325 e. The number of nitrogens with zero attached hydrogens (tertiary/aromatic N) is 3. The topological polar surface area (TPSA) is 73.8 Å². The monoisotopic (exact) mass is 238 g/mol. The number of Topliss-reactive ketones (excluding diaryl/α,β-unsaturated/α-hetero) is 1. The van der Waals surface area contributed by atoms with Crippen molar-refractivity contribution < 1.29 is 4.79 Å². The Kier molecular flexibility index (Phi) is 3.71. The first kappa shape index (κ1) is 13.8. The quantitative estimate of drug-likeness (QED) is 0.835. The molecule has 17 heavy (non-hydrogen) atoms. The summed E-state index contributed by atoms with van der Waals surface area (Å²) < 4.78 is 1.73. The van der Waals surface area contributed by atoms with Crippen molar-refractivity contribution in [3.05, 3.63) is 12.2 Å². The predicted octanol–water partition coefficient (Wildman–Crippen LogP) is 1.17. The molecule has 0 spiro atoms. The van der Waals surface area contributed by atoms with E-state index in [0.29, 0.717) is 5.82 Å². The molecule has 2 N–H and O–H groups in total. The molecule has 0 aliphatic heterocycles. The van der Waals surface area contributed by atoms with E-state index >= 15 is 0 Å². The molecule has 1 aromatic heterocycles. The van der Waals surface area contributed by atoms with Crippen molar-refractivity contribution in [1.29, 1.82) is 0 Å². The molecule has 0 fully saturated rings. The van der Waals surface area contributed by atoms with Gasteiger partial charge in [0.1, 0.15) is 17.9 Å². The van der Waals surface area contributed by atoms with Crippen molar-refractivity contribution in [3.63, 3.8) is 0 Å². The van der Waals surface area contributed by atoms with Gasteiger partial charge in [0.25, 0.3) is 0 Å². The standard InChI is InChI=1S/C12H22N4O/c1-6-16-10(14-8-15-16)7-9(17)11(2,3)12(4,5)13/h8H,6-7,13H2,1-5H3. The molecule has 1 aromatic rings. The fourth-order valence-corrected chi connectivity index (χ4v) is 1.41. The van der Waals surface area contributed by atoms with Gasteiger partial charge >= 0.3 is 0 Å². The fraction of sp³-hybridized carbons (Fsp3) is 0.750. The first-order chi connectivity index (χ1) is 7.70. The molecule has 1 heterocycles. The van der Waals surface area contributed by atoms with Crippen LogP contribution in [-0.4, -0.2) is 26.1 Å². The number of rotatable bonds is 5. The molecule has 0 aliphatic carbocycles. The fourth-order valence-electron chi connectivity index (χ4n) is 1.41. The minimum absolute atomic E-state index is 0.0905. The Balaban J connectivity index is 2.87. The summed E-state index contributed by atoms with van der Waals surface area (Å²) in [6, 6.07) is 0. The second kappa shape index (κ2) is 4.56. The molecular formula is C12H22N4O. The van der Waals surface area contributed by atoms with E-state index in [1.807, 2.05) is 34.6 Å². The second-order valence-corrected chi connectivity index (χ2v) is 5.44. The van der Waals surface area contributed by atoms with Gasteiger partial charge in [0.05, 0.1) is 6.42 Å². The van der Waals surface area contributed by atoms with E-state index in [4.69, 9.17) is 5.73 Å². The normalized spacial score (nSPS) is 12.8. The number of carbonyl (C=O) groups is 1. The van der Waals surface area contributed by atoms with Gasteiger partial charge in [-0.3, -0.25) is 4.79 Å². The van der Waals surface area contributed by atoms with Crippen molar-refractivity contribution in [2.45, 2.75) is 53.1 Å². The van der Waals surface area contributed by atoms with E-state index in [1.54, 1.807) is 4.68 Å². The Labute approximate surface area is 102 Å². The van der Waals surface area contributed by atoms with E-state index in [2.05, 4.69) is 10.1 Å². The van der Waals surface area contributed by atoms with Crippen LogP contribution in [0.2, 0.25) is 0 Å². The lowest BCUT2D eigenvalue weighted by Crippen LogP contribution is -2.52. The Morgan fingerprint density at radius 2 is 2.00 bits per heavy atom. The molecule has 96 valence electrons. The van der Waals surface area contributed by atoms with Crippen molar-refractivity contribution in [1.82, 2.24) is 14.8 Å². The van der Waals surface area contributed by atoms with Crippen LogP contribution in [0.25, 0.3) is 0 Å². The first-order valence-corrected chi connectivity index (χ1v) is 5.89. The number of hydrogen-bond donors (Lipinski definition) is 1. The lowest BCUT2D eigenvalue weighted by Gasteiger charge is -2.37. The average molecular weight is 238 g/mol. The Morgan fingerprint density at radius 1 is 1.41 bits per heavy atom. The molecule has 0 bridgehead atoms. The zero-order valence-electron chi connectivity index (χ0n) is 11.3. The summed E-state index contributed by atoms with van der Waals surface area (Å²) in [5.74, 6) is 0.794. The Hall–Kier alpha value is -1.23. The van der Waals surface area contributed by atoms with Gasteiger partial charge in [0.2, 0.25) is 0 Å². The molecule has 5 heteroatoms. The van der Waals surface area contributed by atoms with Crippen molar-refractivity contribution in [2.24, 2.45) is 11.1 Å². The van der Waals surface area contributed by atoms with Crippen LogP contribution < -0.4 is 5.73 Å². The zero-order chi connectivity index (χ0) is 13.3. The van der Waals surface area contributed by atoms with Crippen LogP contribution in [0.3, 0.4) is 0 Å². The zero-order valence-corrected chi connectivity index (χ0v) is 11.3. The smallest absolute Gasteiger partial charge is 0.147 e. The number of nitrogens with two attached hydrogens (primary N) is 1. The number of ketones is 1. The van der Waals surface area contributed by atoms with Gasteiger partial charge in [-0.1, -0.05) is 13.8 Å². The summed E-state index contributed by atoms with van der Waals surface area (Å²) in [5, 5.41) is 4.05. The molecule has 1 rings (SSSR count). The van der Waals surface area contributed by atoms with E-state index in [0.717, 1.165) is 6.54 Å². The van der Waals surface area contributed by atoms with Crippen LogP contribution >= 0.6 is 0 Å². The van der Waals surface area contributed by atoms with Crippen molar-refractivity contribution >= 4 is 5.78 Å². The maximum atomic E-state index is 12.3. The lowest BCUT2D eigenvalue weighted by atomic mass is 9.71. The summed E-state index contributed by atoms with van der Waals surface area (Å²) in [4.78, 5) is 16.4. The molecule has 0 aromatic carbocycles. The third-order valence-corrected chi connectivity index (χ3v) is 3.62. The SMILES string of the molecule is CCn1ncnc1CC(=O)C(C)(C)C(C)(C)N. The highest BCUT2D eigenvalue weighted by atomic mass is 16.1. The summed E-state index contributed by atoms with van der Waals surface area (Å²) in [6.07, 6.45) is 1.76. The molecule has 0 radical (unpaired) electrons. The van der Waals surface area contributed by atoms with Gasteiger partial charge in [-0.05, 0) is 20.8 Å². The van der Waals surface area contributed by atoms with Crippen LogP contribution in [0.5, 0.6) is 0 Å². The Bertz CT molecular complexity index is 401. The molecule has 0 saturated carbocycles. The molecule has 0 saturated heterocycles. The summed E-state index contributed by atoms with van der Waals surface area (Å²) >= 11 is 0. The summed E-state index contributed by atoms with van der Waals surface area (Å²) in [5.41, 5.74) is 4.91. The minimum atomic E-state index is -0.586. The van der Waals surface area contributed by atoms with Gasteiger partial charge in [0, 0.05) is 17.5 Å². The van der Waals surface area contributed by atoms with Gasteiger partial charge < -0.3 is 5.73 Å². The van der Waals surface area contributed by atoms with Crippen LogP contribution in [0.15, 0.2) is 6.33 Å². The van der Waals surface area contributed by atoms with Gasteiger partial charge in [-0.15, -0.1) is 0 Å². The number of hydrogen-bond acceptors (Lipinski definition) is 4. The summed E-state index contributed by atoms with van der Waals surface area (Å²) in [6.45, 7) is 10.2. The van der Waals surface area contributed by atoms with Crippen molar-refractivity contribution in [3.8, 4) is 0 Å². The van der Waals surface area contributed by atoms with Crippen LogP contribution in [0.1, 0.15) is 40.4 Å². The van der Waals surface area contributed by atoms with Crippen molar-refractivity contribution in [2.75, 3.05) is 0 Å². The third-order valence-electron chi connectivity index (χ3n) is 3.62. The van der Waals surface area contributed by atoms with E-state index in [-0.39, 0.29) is 12.2 Å². The highest BCUT2D eigenvalue weighted by Gasteiger charge is 2.40. The predicted molar refractivity (Wildman–Crippen MR) is 66.5 cm³/mol. The Morgan fingerprint density at radius 3 is 2.47 bits per heavy atom. The molecule has 5 nitrogen and oxygen atoms in total. The maximum Gasteiger partial charge on any atom is 0.147 e. The lowest BCUT2D eigenvalue weighted by molar-refractivity contribution is -0.129. The van der Waals surface area contributed by atoms with E-state index < -0.39 is 11.0 Å². The molecule has 0 unspecified atom stereocenters. The van der Waals surface area contributed by atoms with Crippen LogP contribution in [0, 0.1) is 5.41 Å². The third kappa shape index (κ3) is 2.72. The molecule has 0 amide bonds. The largest absolute Gasteiger partial charge is 0.325 e. The van der Waals surface area contributed by atoms with E-state index in [1.165, 1.54) is 6.33 Å². The molecule has 0 atom stereocenters. The van der Waals surface area contributed by atoms with E-state index in [9.17, 15) is 4.79 Å². The summed E-state index contributed by atoms with van der Waals surface area (Å²) in [7, 11) is 0. The maximum absolute atomic E-state index is 12.3. The highest BCUT2D eigenvalue weighted by molar-refractivity contribution is 5.86.